The molecule has 0 bridgehead atoms. The molecule has 2 saturated carbocycles. The molecular weight excluding hydrogens is 212 g/mol. The van der Waals surface area contributed by atoms with Crippen molar-refractivity contribution in [2.24, 2.45) is 17.1 Å². The van der Waals surface area contributed by atoms with Crippen LogP contribution in [0.1, 0.15) is 51.9 Å². The SMILES string of the molecule is CCC1CCC(N(C)C(=O)C2(CN)CC2)CC1. The standard InChI is InChI=1S/C14H26N2O/c1-3-11-4-6-12(7-5-11)16(2)13(17)14(10-15)8-9-14/h11-12H,3-10,15H2,1-2H3. The Balaban J connectivity index is 1.88. The monoisotopic (exact) mass is 238 g/mol. The molecule has 0 spiro atoms. The second-order valence-corrected chi connectivity index (χ2v) is 5.98. The van der Waals surface area contributed by atoms with Gasteiger partial charge in [-0.25, -0.2) is 0 Å². The molecule has 3 nitrogen and oxygen atoms in total. The molecule has 0 aromatic rings. The second kappa shape index (κ2) is 4.97. The molecule has 17 heavy (non-hydrogen) atoms. The fourth-order valence-electron chi connectivity index (χ4n) is 3.14. The first-order chi connectivity index (χ1) is 8.13. The van der Waals surface area contributed by atoms with Crippen molar-refractivity contribution in [2.75, 3.05) is 13.6 Å². The number of carbonyl (C=O) groups excluding carboxylic acids is 1. The molecule has 2 fully saturated rings. The zero-order valence-corrected chi connectivity index (χ0v) is 11.2. The molecule has 0 saturated heterocycles. The van der Waals surface area contributed by atoms with E-state index in [4.69, 9.17) is 5.73 Å². The lowest BCUT2D eigenvalue weighted by Gasteiger charge is -2.36. The summed E-state index contributed by atoms with van der Waals surface area (Å²) in [6.07, 6.45) is 8.22. The van der Waals surface area contributed by atoms with Crippen LogP contribution in [-0.4, -0.2) is 30.4 Å². The zero-order chi connectivity index (χ0) is 12.5. The molecule has 0 aromatic heterocycles. The van der Waals surface area contributed by atoms with Crippen molar-refractivity contribution < 1.29 is 4.79 Å². The summed E-state index contributed by atoms with van der Waals surface area (Å²) >= 11 is 0. The normalized spacial score (nSPS) is 31.0. The number of hydrogen-bond donors (Lipinski definition) is 1. The van der Waals surface area contributed by atoms with Gasteiger partial charge in [-0.1, -0.05) is 13.3 Å². The van der Waals surface area contributed by atoms with Gasteiger partial charge in [0.15, 0.2) is 0 Å². The third-order valence-corrected chi connectivity index (χ3v) is 4.96. The maximum Gasteiger partial charge on any atom is 0.230 e. The summed E-state index contributed by atoms with van der Waals surface area (Å²) in [4.78, 5) is 14.4. The number of nitrogens with zero attached hydrogens (tertiary/aromatic N) is 1. The Bertz CT molecular complexity index is 278. The van der Waals surface area contributed by atoms with Crippen LogP contribution >= 0.6 is 0 Å². The fourth-order valence-corrected chi connectivity index (χ4v) is 3.14. The van der Waals surface area contributed by atoms with Crippen molar-refractivity contribution >= 4 is 5.91 Å². The Kier molecular flexibility index (Phi) is 3.76. The number of carbonyl (C=O) groups is 1. The van der Waals surface area contributed by atoms with Crippen molar-refractivity contribution in [1.29, 1.82) is 0 Å². The van der Waals surface area contributed by atoms with E-state index >= 15 is 0 Å². The molecule has 98 valence electrons. The van der Waals surface area contributed by atoms with Gasteiger partial charge in [0.25, 0.3) is 0 Å². The minimum absolute atomic E-state index is 0.170. The lowest BCUT2D eigenvalue weighted by Crippen LogP contribution is -2.45. The molecule has 0 aromatic carbocycles. The first-order valence-corrected chi connectivity index (χ1v) is 7.10. The van der Waals surface area contributed by atoms with Crippen molar-refractivity contribution in [2.45, 2.75) is 57.9 Å². The van der Waals surface area contributed by atoms with Crippen LogP contribution < -0.4 is 5.73 Å². The van der Waals surface area contributed by atoms with E-state index in [2.05, 4.69) is 6.92 Å². The predicted octanol–water partition coefficient (Wildman–Crippen LogP) is 2.15. The lowest BCUT2D eigenvalue weighted by atomic mass is 9.83. The molecule has 0 unspecified atom stereocenters. The number of hydrogen-bond acceptors (Lipinski definition) is 2. The topological polar surface area (TPSA) is 46.3 Å². The third-order valence-electron chi connectivity index (χ3n) is 4.96. The molecule has 1 amide bonds. The van der Waals surface area contributed by atoms with E-state index in [1.807, 2.05) is 11.9 Å². The first-order valence-electron chi connectivity index (χ1n) is 7.10. The van der Waals surface area contributed by atoms with Crippen molar-refractivity contribution in [3.63, 3.8) is 0 Å². The van der Waals surface area contributed by atoms with Gasteiger partial charge in [0.05, 0.1) is 5.41 Å². The van der Waals surface area contributed by atoms with Gasteiger partial charge in [-0.05, 0) is 44.4 Å². The highest BCUT2D eigenvalue weighted by Crippen LogP contribution is 2.46. The highest BCUT2D eigenvalue weighted by Gasteiger charge is 2.50. The summed E-state index contributed by atoms with van der Waals surface area (Å²) in [6.45, 7) is 2.80. The van der Waals surface area contributed by atoms with Gasteiger partial charge < -0.3 is 10.6 Å². The van der Waals surface area contributed by atoms with E-state index in [1.54, 1.807) is 0 Å². The Hall–Kier alpha value is -0.570. The minimum Gasteiger partial charge on any atom is -0.342 e. The number of rotatable bonds is 4. The quantitative estimate of drug-likeness (QED) is 0.815. The molecule has 0 atom stereocenters. The van der Waals surface area contributed by atoms with Crippen LogP contribution in [0.3, 0.4) is 0 Å². The van der Waals surface area contributed by atoms with E-state index in [-0.39, 0.29) is 5.41 Å². The molecule has 0 aliphatic heterocycles. The molecule has 0 radical (unpaired) electrons. The summed E-state index contributed by atoms with van der Waals surface area (Å²) in [5.41, 5.74) is 5.56. The van der Waals surface area contributed by atoms with Gasteiger partial charge in [0, 0.05) is 19.6 Å². The zero-order valence-electron chi connectivity index (χ0n) is 11.2. The van der Waals surface area contributed by atoms with E-state index in [0.29, 0.717) is 18.5 Å². The smallest absolute Gasteiger partial charge is 0.230 e. The van der Waals surface area contributed by atoms with Crippen molar-refractivity contribution in [3.05, 3.63) is 0 Å². The van der Waals surface area contributed by atoms with E-state index in [9.17, 15) is 4.79 Å². The van der Waals surface area contributed by atoms with Gasteiger partial charge in [-0.2, -0.15) is 0 Å². The van der Waals surface area contributed by atoms with Gasteiger partial charge >= 0.3 is 0 Å². The Morgan fingerprint density at radius 3 is 2.29 bits per heavy atom. The van der Waals surface area contributed by atoms with Gasteiger partial charge in [0.2, 0.25) is 5.91 Å². The highest BCUT2D eigenvalue weighted by atomic mass is 16.2. The summed E-state index contributed by atoms with van der Waals surface area (Å²) in [6, 6.07) is 0.467. The molecule has 0 heterocycles. The van der Waals surface area contributed by atoms with Gasteiger partial charge in [-0.15, -0.1) is 0 Å². The number of nitrogens with two attached hydrogens (primary N) is 1. The van der Waals surface area contributed by atoms with Crippen LogP contribution in [0.15, 0.2) is 0 Å². The molecule has 2 N–H and O–H groups in total. The third kappa shape index (κ3) is 2.49. The van der Waals surface area contributed by atoms with E-state index in [1.165, 1.54) is 32.1 Å². The first kappa shape index (κ1) is 12.9. The van der Waals surface area contributed by atoms with Crippen LogP contribution in [0, 0.1) is 11.3 Å². The Morgan fingerprint density at radius 1 is 1.29 bits per heavy atom. The van der Waals surface area contributed by atoms with Gasteiger partial charge in [0.1, 0.15) is 0 Å². The number of amides is 1. The van der Waals surface area contributed by atoms with Crippen LogP contribution in [0.5, 0.6) is 0 Å². The highest BCUT2D eigenvalue weighted by molar-refractivity contribution is 5.85. The van der Waals surface area contributed by atoms with Crippen molar-refractivity contribution in [1.82, 2.24) is 4.90 Å². The van der Waals surface area contributed by atoms with Crippen LogP contribution in [0.2, 0.25) is 0 Å². The predicted molar refractivity (Wildman–Crippen MR) is 69.5 cm³/mol. The molecular formula is C14H26N2O. The largest absolute Gasteiger partial charge is 0.342 e. The molecule has 2 aliphatic rings. The summed E-state index contributed by atoms with van der Waals surface area (Å²) in [5, 5.41) is 0. The average Bonchev–Trinajstić information content (AvgIpc) is 3.18. The average molecular weight is 238 g/mol. The second-order valence-electron chi connectivity index (χ2n) is 5.98. The van der Waals surface area contributed by atoms with Crippen LogP contribution in [-0.2, 0) is 4.79 Å². The Labute approximate surface area is 105 Å². The fraction of sp³-hybridized carbons (Fsp3) is 0.929. The van der Waals surface area contributed by atoms with Crippen molar-refractivity contribution in [3.8, 4) is 0 Å². The summed E-state index contributed by atoms with van der Waals surface area (Å²) in [5.74, 6) is 1.19. The summed E-state index contributed by atoms with van der Waals surface area (Å²) < 4.78 is 0. The Morgan fingerprint density at radius 2 is 1.88 bits per heavy atom. The lowest BCUT2D eigenvalue weighted by molar-refractivity contribution is -0.138. The molecule has 2 rings (SSSR count). The summed E-state index contributed by atoms with van der Waals surface area (Å²) in [7, 11) is 1.98. The molecule has 3 heteroatoms. The van der Waals surface area contributed by atoms with E-state index in [0.717, 1.165) is 18.8 Å². The van der Waals surface area contributed by atoms with E-state index < -0.39 is 0 Å². The maximum absolute atomic E-state index is 12.4. The van der Waals surface area contributed by atoms with Crippen LogP contribution in [0.4, 0.5) is 0 Å². The van der Waals surface area contributed by atoms with Gasteiger partial charge in [-0.3, -0.25) is 4.79 Å². The molecule has 2 aliphatic carbocycles. The minimum atomic E-state index is -0.170. The maximum atomic E-state index is 12.4. The van der Waals surface area contributed by atoms with Crippen LogP contribution in [0.25, 0.3) is 0 Å².